The van der Waals surface area contributed by atoms with E-state index in [0.717, 1.165) is 11.5 Å². The quantitative estimate of drug-likeness (QED) is 0.532. The minimum absolute atomic E-state index is 0.178. The fourth-order valence-electron chi connectivity index (χ4n) is 1.47. The molecule has 0 fully saturated rings. The molecule has 1 aromatic carbocycles. The average molecular weight is 413 g/mol. The lowest BCUT2D eigenvalue weighted by Crippen LogP contribution is -2.45. The largest absolute Gasteiger partial charge is 0.541 e. The zero-order valence-corrected chi connectivity index (χ0v) is 21.2. The number of carboxylic acids is 1. The molecule has 0 amide bonds. The predicted molar refractivity (Wildman–Crippen MR) is 120 cm³/mol. The van der Waals surface area contributed by atoms with Crippen LogP contribution in [0.1, 0.15) is 54.9 Å². The van der Waals surface area contributed by atoms with E-state index >= 15 is 0 Å². The van der Waals surface area contributed by atoms with Gasteiger partial charge in [-0.15, -0.1) is 0 Å². The molecule has 0 atom stereocenters. The Kier molecular flexibility index (Phi) is 8.84. The summed E-state index contributed by atoms with van der Waals surface area (Å²) in [5.74, 6) is 1.06. The summed E-state index contributed by atoms with van der Waals surface area (Å²) < 4.78 is 13.0. The van der Waals surface area contributed by atoms with Crippen LogP contribution in [0.5, 0.6) is 11.5 Å². The maximum Gasteiger partial charge on any atom is 0.303 e. The lowest BCUT2D eigenvalue weighted by atomic mass is 10.2. The van der Waals surface area contributed by atoms with Crippen molar-refractivity contribution in [3.63, 3.8) is 0 Å². The van der Waals surface area contributed by atoms with Gasteiger partial charge in [-0.25, -0.2) is 0 Å². The highest BCUT2D eigenvalue weighted by Gasteiger charge is 2.41. The van der Waals surface area contributed by atoms with Crippen LogP contribution in [-0.4, -0.2) is 27.7 Å². The molecular formula is C21H40O4Si2. The summed E-state index contributed by atoms with van der Waals surface area (Å²) in [5.41, 5.74) is 0. The van der Waals surface area contributed by atoms with Gasteiger partial charge in [0.15, 0.2) is 0 Å². The molecule has 0 heterocycles. The molecule has 1 N–H and O–H groups in total. The Morgan fingerprint density at radius 2 is 1.11 bits per heavy atom. The third-order valence-electron chi connectivity index (χ3n) is 5.49. The van der Waals surface area contributed by atoms with E-state index in [-0.39, 0.29) is 16.5 Å². The lowest BCUT2D eigenvalue weighted by Gasteiger charge is -2.39. The highest BCUT2D eigenvalue weighted by molar-refractivity contribution is 6.75. The van der Waals surface area contributed by atoms with Gasteiger partial charge in [0, 0.05) is 6.42 Å². The predicted octanol–water partition coefficient (Wildman–Crippen LogP) is 6.94. The molecule has 0 saturated carbocycles. The normalized spacial score (nSPS) is 12.7. The second kappa shape index (κ2) is 9.28. The van der Waals surface area contributed by atoms with E-state index in [1.54, 1.807) is 6.92 Å². The summed E-state index contributed by atoms with van der Waals surface area (Å²) in [7, 11) is -3.73. The van der Waals surface area contributed by atoms with E-state index in [1.165, 1.54) is 0 Å². The Morgan fingerprint density at radius 3 is 1.30 bits per heavy atom. The Morgan fingerprint density at radius 1 is 0.852 bits per heavy atom. The summed E-state index contributed by atoms with van der Waals surface area (Å²) in [4.78, 5) is 9.37. The minimum Gasteiger partial charge on any atom is -0.541 e. The minimum atomic E-state index is -1.86. The van der Waals surface area contributed by atoms with Crippen LogP contribution in [0.3, 0.4) is 0 Å². The van der Waals surface area contributed by atoms with E-state index < -0.39 is 22.6 Å². The van der Waals surface area contributed by atoms with Crippen molar-refractivity contribution >= 4 is 22.6 Å². The first-order valence-corrected chi connectivity index (χ1v) is 15.4. The van der Waals surface area contributed by atoms with Crippen molar-refractivity contribution < 1.29 is 18.8 Å². The Labute approximate surface area is 168 Å². The van der Waals surface area contributed by atoms with Crippen LogP contribution < -0.4 is 8.85 Å². The number of carbonyl (C=O) groups is 1. The SMILES string of the molecule is CC(C)(C)[Si](C)(C)Oc1ccccc1O[Si](C)(C)C(C)(C)C.CCC(=O)O. The smallest absolute Gasteiger partial charge is 0.303 e. The van der Waals surface area contributed by atoms with Crippen molar-refractivity contribution in [2.75, 3.05) is 0 Å². The second-order valence-corrected chi connectivity index (χ2v) is 19.4. The molecule has 0 aliphatic heterocycles. The Balaban J connectivity index is 0.00000119. The van der Waals surface area contributed by atoms with E-state index in [9.17, 15) is 4.79 Å². The topological polar surface area (TPSA) is 55.8 Å². The fraction of sp³-hybridized carbons (Fsp3) is 0.667. The van der Waals surface area contributed by atoms with Gasteiger partial charge in [-0.3, -0.25) is 4.79 Å². The number of benzene rings is 1. The van der Waals surface area contributed by atoms with Gasteiger partial charge in [0.2, 0.25) is 0 Å². The molecule has 156 valence electrons. The maximum absolute atomic E-state index is 9.37. The Bertz CT molecular complexity index is 564. The zero-order valence-electron chi connectivity index (χ0n) is 19.2. The molecular weight excluding hydrogens is 372 g/mol. The molecule has 0 spiro atoms. The van der Waals surface area contributed by atoms with Crippen molar-refractivity contribution in [2.45, 2.75) is 91.2 Å². The monoisotopic (exact) mass is 412 g/mol. The van der Waals surface area contributed by atoms with E-state index in [4.69, 9.17) is 14.0 Å². The summed E-state index contributed by atoms with van der Waals surface area (Å²) in [6.45, 7) is 24.3. The molecule has 0 radical (unpaired) electrons. The van der Waals surface area contributed by atoms with Crippen LogP contribution in [-0.2, 0) is 4.79 Å². The van der Waals surface area contributed by atoms with Gasteiger partial charge in [-0.1, -0.05) is 60.6 Å². The average Bonchev–Trinajstić information content (AvgIpc) is 2.47. The highest BCUT2D eigenvalue weighted by Crippen LogP contribution is 2.43. The summed E-state index contributed by atoms with van der Waals surface area (Å²) in [6, 6.07) is 8.15. The third-order valence-corrected chi connectivity index (χ3v) is 14.2. The number of hydrogen-bond donors (Lipinski definition) is 1. The molecule has 0 saturated heterocycles. The number of rotatable bonds is 5. The van der Waals surface area contributed by atoms with Crippen molar-refractivity contribution in [3.8, 4) is 11.5 Å². The van der Waals surface area contributed by atoms with Crippen LogP contribution in [0.25, 0.3) is 0 Å². The van der Waals surface area contributed by atoms with Crippen LogP contribution in [0, 0.1) is 0 Å². The first-order chi connectivity index (χ1) is 11.9. The molecule has 0 aliphatic carbocycles. The maximum atomic E-state index is 9.37. The van der Waals surface area contributed by atoms with E-state index in [1.807, 2.05) is 24.3 Å². The van der Waals surface area contributed by atoms with Crippen molar-refractivity contribution in [3.05, 3.63) is 24.3 Å². The molecule has 0 aromatic heterocycles. The number of hydrogen-bond acceptors (Lipinski definition) is 3. The molecule has 0 unspecified atom stereocenters. The summed E-state index contributed by atoms with van der Waals surface area (Å²) in [5, 5.41) is 8.08. The molecule has 4 nitrogen and oxygen atoms in total. The first kappa shape index (κ1) is 25.7. The molecule has 27 heavy (non-hydrogen) atoms. The molecule has 0 bridgehead atoms. The van der Waals surface area contributed by atoms with Crippen molar-refractivity contribution in [1.29, 1.82) is 0 Å². The van der Waals surface area contributed by atoms with Crippen LogP contribution in [0.2, 0.25) is 36.3 Å². The van der Waals surface area contributed by atoms with Gasteiger partial charge in [0.05, 0.1) is 0 Å². The van der Waals surface area contributed by atoms with Gasteiger partial charge in [0.25, 0.3) is 16.6 Å². The Hall–Kier alpha value is -1.28. The van der Waals surface area contributed by atoms with Crippen LogP contribution in [0.15, 0.2) is 24.3 Å². The van der Waals surface area contributed by atoms with E-state index in [2.05, 4.69) is 67.7 Å². The van der Waals surface area contributed by atoms with Gasteiger partial charge >= 0.3 is 5.97 Å². The molecule has 6 heteroatoms. The fourth-order valence-corrected chi connectivity index (χ4v) is 3.52. The summed E-state index contributed by atoms with van der Waals surface area (Å²) in [6.07, 6.45) is 0.222. The first-order valence-electron chi connectivity index (χ1n) is 9.63. The van der Waals surface area contributed by atoms with E-state index in [0.29, 0.717) is 0 Å². The molecule has 0 aliphatic rings. The zero-order chi connectivity index (χ0) is 21.7. The standard InChI is InChI=1S/C18H34O2Si2.C3H6O2/c1-17(2,3)21(7,8)19-15-13-11-12-14-16(15)20-22(9,10)18(4,5)6;1-2-3(4)5/h11-14H,1-10H3;2H2,1H3,(H,4,5). The van der Waals surface area contributed by atoms with Gasteiger partial charge in [-0.05, 0) is 48.4 Å². The number of aliphatic carboxylic acids is 1. The van der Waals surface area contributed by atoms with Gasteiger partial charge < -0.3 is 14.0 Å². The lowest BCUT2D eigenvalue weighted by molar-refractivity contribution is -0.136. The van der Waals surface area contributed by atoms with Gasteiger partial charge in [0.1, 0.15) is 11.5 Å². The van der Waals surface area contributed by atoms with Crippen molar-refractivity contribution in [2.24, 2.45) is 0 Å². The third kappa shape index (κ3) is 8.09. The number of para-hydroxylation sites is 2. The van der Waals surface area contributed by atoms with Crippen LogP contribution >= 0.6 is 0 Å². The summed E-state index contributed by atoms with van der Waals surface area (Å²) >= 11 is 0. The highest BCUT2D eigenvalue weighted by atomic mass is 28.4. The van der Waals surface area contributed by atoms with Gasteiger partial charge in [-0.2, -0.15) is 0 Å². The molecule has 1 rings (SSSR count). The molecule has 1 aromatic rings. The van der Waals surface area contributed by atoms with Crippen LogP contribution in [0.4, 0.5) is 0 Å². The van der Waals surface area contributed by atoms with Crippen molar-refractivity contribution in [1.82, 2.24) is 0 Å². The number of carboxylic acid groups (broad SMARTS) is 1. The second-order valence-electron chi connectivity index (χ2n) is 9.92.